The second-order valence-corrected chi connectivity index (χ2v) is 14.5. The highest BCUT2D eigenvalue weighted by molar-refractivity contribution is 7.90. The molecule has 3 atom stereocenters. The van der Waals surface area contributed by atoms with Crippen molar-refractivity contribution < 1.29 is 50.7 Å². The van der Waals surface area contributed by atoms with E-state index in [4.69, 9.17) is 15.5 Å². The molecular weight excluding hydrogens is 661 g/mol. The molecule has 3 aromatic carbocycles. The minimum absolute atomic E-state index is 0.00859. The Balaban J connectivity index is 1.46. The summed E-state index contributed by atoms with van der Waals surface area (Å²) in [5.74, 6) is -2.93. The highest BCUT2D eigenvalue weighted by atomic mass is 32.2. The number of hydrogen-bond donors (Lipinski definition) is 6. The zero-order chi connectivity index (χ0) is 34.6. The molecule has 1 fully saturated rings. The van der Waals surface area contributed by atoms with Crippen molar-refractivity contribution in [3.05, 3.63) is 107 Å². The zero-order valence-electron chi connectivity index (χ0n) is 24.5. The maximum absolute atomic E-state index is 14.0. The first-order chi connectivity index (χ1) is 22.0. The molecule has 250 valence electrons. The van der Waals surface area contributed by atoms with Gasteiger partial charge in [-0.1, -0.05) is 78.9 Å². The van der Waals surface area contributed by atoms with Crippen LogP contribution in [0.4, 0.5) is 8.78 Å². The number of benzene rings is 3. The van der Waals surface area contributed by atoms with Gasteiger partial charge in [-0.05, 0) is 22.3 Å². The summed E-state index contributed by atoms with van der Waals surface area (Å²) >= 11 is 0. The minimum Gasteiger partial charge on any atom is -0.368 e. The monoisotopic (exact) mass is 692 g/mol. The molecule has 0 saturated carbocycles. The van der Waals surface area contributed by atoms with Crippen LogP contribution in [0.5, 0.6) is 0 Å². The van der Waals surface area contributed by atoms with E-state index in [1.54, 1.807) is 42.5 Å². The smallest absolute Gasteiger partial charge is 0.368 e. The predicted octanol–water partition coefficient (Wildman–Crippen LogP) is 1.29. The molecule has 1 saturated heterocycles. The van der Waals surface area contributed by atoms with Gasteiger partial charge in [0.05, 0.1) is 12.8 Å². The fraction of sp³-hybridized carbons (Fsp3) is 0.267. The molecule has 4 amide bonds. The maximum Gasteiger partial charge on any atom is 0.399 e. The van der Waals surface area contributed by atoms with Crippen LogP contribution in [0.1, 0.15) is 39.5 Å². The summed E-state index contributed by atoms with van der Waals surface area (Å²) in [5.41, 5.74) is 1.99. The van der Waals surface area contributed by atoms with Gasteiger partial charge in [-0.25, -0.2) is 8.42 Å². The van der Waals surface area contributed by atoms with Crippen molar-refractivity contribution in [1.82, 2.24) is 15.4 Å². The first kappa shape index (κ1) is 35.4. The van der Waals surface area contributed by atoms with Gasteiger partial charge in [0.1, 0.15) is 17.3 Å². The molecule has 1 aliphatic rings. The third kappa shape index (κ3) is 8.86. The highest BCUT2D eigenvalue weighted by Crippen LogP contribution is 2.59. The lowest BCUT2D eigenvalue weighted by molar-refractivity contribution is -0.131. The van der Waals surface area contributed by atoms with Crippen LogP contribution >= 0.6 is 7.60 Å². The summed E-state index contributed by atoms with van der Waals surface area (Å²) < 4.78 is 65.4. The number of rotatable bonds is 13. The van der Waals surface area contributed by atoms with Crippen LogP contribution in [-0.2, 0) is 58.7 Å². The summed E-state index contributed by atoms with van der Waals surface area (Å²) in [6.07, 6.45) is -0.667. The Morgan fingerprint density at radius 1 is 0.894 bits per heavy atom. The standard InChI is InChI=1S/C30H31F2N4O9PS/c31-30(32,46(41,42)43)22-12-8-20(9-13-22)16-26(37)34-24(15-18-4-2-1-3-5-18)29(40)35-23(28(33)39)14-19-6-10-21(11-7-19)25-17-27(38)36-47(25,44)45/h1-13,23-25H,14-17H2,(H2,33,39)(H,34,37)(H,35,40)(H,36,38)(H2,41,42,43)/t23?,24-,25?/m0/s1. The molecule has 3 aromatic rings. The van der Waals surface area contributed by atoms with Crippen LogP contribution in [0.15, 0.2) is 78.9 Å². The van der Waals surface area contributed by atoms with Crippen molar-refractivity contribution >= 4 is 41.2 Å². The predicted molar refractivity (Wildman–Crippen MR) is 164 cm³/mol. The quantitative estimate of drug-likeness (QED) is 0.142. The van der Waals surface area contributed by atoms with Gasteiger partial charge in [-0.3, -0.25) is 28.5 Å². The van der Waals surface area contributed by atoms with Crippen LogP contribution in [0, 0.1) is 0 Å². The average molecular weight is 693 g/mol. The third-order valence-electron chi connectivity index (χ3n) is 7.42. The number of nitrogens with one attached hydrogen (secondary N) is 3. The van der Waals surface area contributed by atoms with Gasteiger partial charge in [-0.2, -0.15) is 8.78 Å². The zero-order valence-corrected chi connectivity index (χ0v) is 26.2. The Labute approximate surface area is 268 Å². The van der Waals surface area contributed by atoms with E-state index in [1.165, 1.54) is 12.1 Å². The molecule has 0 radical (unpaired) electrons. The van der Waals surface area contributed by atoms with E-state index in [-0.39, 0.29) is 31.2 Å². The van der Waals surface area contributed by atoms with Crippen molar-refractivity contribution in [2.45, 2.75) is 48.7 Å². The number of carbonyl (C=O) groups excluding carboxylic acids is 4. The Hall–Kier alpha value is -4.50. The van der Waals surface area contributed by atoms with Crippen LogP contribution in [0.2, 0.25) is 0 Å². The van der Waals surface area contributed by atoms with E-state index >= 15 is 0 Å². The van der Waals surface area contributed by atoms with E-state index in [1.807, 2.05) is 4.72 Å². The van der Waals surface area contributed by atoms with E-state index in [9.17, 15) is 40.9 Å². The van der Waals surface area contributed by atoms with Crippen LogP contribution < -0.4 is 21.1 Å². The van der Waals surface area contributed by atoms with Gasteiger partial charge in [0, 0.05) is 18.4 Å². The van der Waals surface area contributed by atoms with Gasteiger partial charge in [0.25, 0.3) is 0 Å². The Bertz CT molecular complexity index is 1800. The third-order valence-corrected chi connectivity index (χ3v) is 10.1. The fourth-order valence-corrected chi connectivity index (χ4v) is 6.84. The van der Waals surface area contributed by atoms with Gasteiger partial charge in [0.15, 0.2) is 0 Å². The molecule has 0 bridgehead atoms. The Morgan fingerprint density at radius 3 is 1.98 bits per heavy atom. The van der Waals surface area contributed by atoms with Crippen LogP contribution in [0.25, 0.3) is 0 Å². The van der Waals surface area contributed by atoms with Gasteiger partial charge >= 0.3 is 13.3 Å². The number of nitrogens with two attached hydrogens (primary N) is 1. The maximum atomic E-state index is 14.0. The fourth-order valence-electron chi connectivity index (χ4n) is 4.93. The molecular formula is C30H31F2N4O9PS. The van der Waals surface area contributed by atoms with Crippen molar-refractivity contribution in [2.24, 2.45) is 5.73 Å². The van der Waals surface area contributed by atoms with E-state index in [0.29, 0.717) is 16.7 Å². The van der Waals surface area contributed by atoms with E-state index in [2.05, 4.69) is 10.6 Å². The lowest BCUT2D eigenvalue weighted by Crippen LogP contribution is -2.54. The van der Waals surface area contributed by atoms with Crippen molar-refractivity contribution in [2.75, 3.05) is 0 Å². The number of amides is 4. The number of carbonyl (C=O) groups is 4. The largest absolute Gasteiger partial charge is 0.399 e. The topological polar surface area (TPSA) is 222 Å². The molecule has 0 aromatic heterocycles. The molecule has 0 aliphatic carbocycles. The van der Waals surface area contributed by atoms with E-state index < -0.39 is 69.8 Å². The SMILES string of the molecule is NC(=O)C(Cc1ccc(C2CC(=O)NS2(=O)=O)cc1)NC(=O)[C@H](Cc1ccccc1)NC(=O)Cc1ccc(C(F)(F)P(=O)(O)O)cc1. The molecule has 2 unspecified atom stereocenters. The number of halogens is 2. The molecule has 1 heterocycles. The van der Waals surface area contributed by atoms with Gasteiger partial charge < -0.3 is 26.2 Å². The molecule has 0 spiro atoms. The van der Waals surface area contributed by atoms with Crippen molar-refractivity contribution in [3.63, 3.8) is 0 Å². The molecule has 1 aliphatic heterocycles. The normalized spacial score (nSPS) is 17.3. The number of primary amides is 1. The molecule has 4 rings (SSSR count). The summed E-state index contributed by atoms with van der Waals surface area (Å²) in [6.45, 7) is 0. The lowest BCUT2D eigenvalue weighted by Gasteiger charge is -2.22. The number of alkyl halides is 2. The molecule has 17 heteroatoms. The second kappa shape index (κ2) is 14.1. The van der Waals surface area contributed by atoms with Crippen LogP contribution in [-0.4, -0.2) is 53.9 Å². The number of hydrogen-bond acceptors (Lipinski definition) is 7. The average Bonchev–Trinajstić information content (AvgIpc) is 3.28. The Morgan fingerprint density at radius 2 is 1.45 bits per heavy atom. The van der Waals surface area contributed by atoms with Crippen molar-refractivity contribution in [1.29, 1.82) is 0 Å². The minimum atomic E-state index is -5.78. The van der Waals surface area contributed by atoms with Gasteiger partial charge in [-0.15, -0.1) is 0 Å². The molecule has 7 N–H and O–H groups in total. The van der Waals surface area contributed by atoms with E-state index in [0.717, 1.165) is 24.3 Å². The first-order valence-electron chi connectivity index (χ1n) is 14.1. The molecule has 47 heavy (non-hydrogen) atoms. The summed E-state index contributed by atoms with van der Waals surface area (Å²) in [5, 5.41) is 4.06. The Kier molecular flexibility index (Phi) is 10.6. The first-order valence-corrected chi connectivity index (χ1v) is 17.2. The summed E-state index contributed by atoms with van der Waals surface area (Å²) in [7, 11) is -9.63. The van der Waals surface area contributed by atoms with Crippen LogP contribution in [0.3, 0.4) is 0 Å². The second-order valence-electron chi connectivity index (χ2n) is 10.9. The number of sulfonamides is 1. The highest BCUT2D eigenvalue weighted by Gasteiger charge is 2.50. The summed E-state index contributed by atoms with van der Waals surface area (Å²) in [4.78, 5) is 68.2. The lowest BCUT2D eigenvalue weighted by atomic mass is 10.0. The van der Waals surface area contributed by atoms with Crippen molar-refractivity contribution in [3.8, 4) is 0 Å². The molecule has 13 nitrogen and oxygen atoms in total. The summed E-state index contributed by atoms with van der Waals surface area (Å²) in [6, 6.07) is 16.1. The van der Waals surface area contributed by atoms with Gasteiger partial charge in [0.2, 0.25) is 33.7 Å².